The van der Waals surface area contributed by atoms with Gasteiger partial charge in [-0.3, -0.25) is 14.4 Å². The third kappa shape index (κ3) is 22.0. The maximum atomic E-state index is 13.8. The molecule has 2 aromatic carbocycles. The van der Waals surface area contributed by atoms with Gasteiger partial charge < -0.3 is 29.2 Å². The van der Waals surface area contributed by atoms with Gasteiger partial charge in [-0.15, -0.1) is 0 Å². The van der Waals surface area contributed by atoms with Crippen molar-refractivity contribution < 1.29 is 43.6 Å². The number of nitrogens with zero attached hydrogens (tertiary/aromatic N) is 1. The predicted molar refractivity (Wildman–Crippen MR) is 519 cm³/mol. The molecule has 0 aromatic heterocycles. The van der Waals surface area contributed by atoms with Crippen molar-refractivity contribution in [1.29, 1.82) is 0 Å². The van der Waals surface area contributed by atoms with Crippen LogP contribution in [0, 0.1) is 80.8 Å². The number of hydroxylamine groups is 2. The number of ketones is 1. The molecule has 16 atom stereocenters. The number of para-hydroxylation sites is 2. The first-order valence-corrected chi connectivity index (χ1v) is 41.3. The Morgan fingerprint density at radius 1 is 0.429 bits per heavy atom. The summed E-state index contributed by atoms with van der Waals surface area (Å²) in [7, 11) is 141. The van der Waals surface area contributed by atoms with Gasteiger partial charge in [-0.1, -0.05) is 45.5 Å². The lowest BCUT2D eigenvalue weighted by Gasteiger charge is -2.62. The molecule has 524 valence electrons. The Morgan fingerprint density at radius 2 is 0.777 bits per heavy atom. The van der Waals surface area contributed by atoms with Crippen molar-refractivity contribution in [2.75, 3.05) is 55.8 Å². The van der Waals surface area contributed by atoms with Crippen LogP contribution in [0.3, 0.4) is 0 Å². The second kappa shape index (κ2) is 42.9. The first-order chi connectivity index (χ1) is 51.9. The Kier molecular flexibility index (Phi) is 38.6. The molecule has 10 nitrogen and oxygen atoms in total. The standard InChI is InChI=1S/C29H42O4.C24H41NO4.C7H7BrO.CH4.B40/c1-27(31)15-16-29(18-32-3)19(17-27)9-10-20-22-11-12-24(28(22,2)14-13-23(20)29)26(30)21-7-5-6-8-25(21)33-4;1-22(27)12-13-24(15-28-4)16(14-22)6-7-17-18-8-9-20(21(26)25(3)29-5)23(18,2)11-10-19(17)24;1-9-7-5-3-2-4-6(7)8;;1-22(2)32(21)37(31(19)20)40(38(33(23(3)4)24(5)6)34(25(7)8)26(9)10)39(35(27(11)12)28(13)14)36(29(15)16)30(17)18/h5-8,19-20,22-24,31H,9-18H2,1-4H3;16-20,27H,6-15H2,1-5H3;2-5H,1H3;1H4;/t19-,20-,22-,23-,24+,27+,28-,29+;16-,17-,18-,19-,20+,22+,23-,24+;;;/m00.../s1. The van der Waals surface area contributed by atoms with Crippen molar-refractivity contribution in [1.82, 2.24) is 5.06 Å². The van der Waals surface area contributed by atoms with Gasteiger partial charge in [0.1, 0.15) is 11.5 Å². The Morgan fingerprint density at radius 3 is 1.12 bits per heavy atom. The van der Waals surface area contributed by atoms with Gasteiger partial charge in [-0.25, -0.2) is 5.06 Å². The number of methoxy groups -OCH3 is 4. The molecular formula is C61H94B40BrNO9. The number of carbonyl (C=O) groups is 2. The minimum Gasteiger partial charge on any atom is -0.496 e. The number of fused-ring (bicyclic) bond motifs is 10. The topological polar surface area (TPSA) is 124 Å². The molecule has 0 unspecified atom stereocenters. The van der Waals surface area contributed by atoms with Crippen molar-refractivity contribution in [2.24, 2.45) is 80.8 Å². The van der Waals surface area contributed by atoms with Gasteiger partial charge in [-0.2, -0.15) is 0 Å². The molecule has 2 aromatic rings. The van der Waals surface area contributed by atoms with Crippen molar-refractivity contribution in [3.05, 3.63) is 58.6 Å². The SMILES string of the molecule is C.COC[C@]12CC[C@@](C)(O)C[C@@H]1CC[C@H]1[C@@H]3CC[C@H](C(=O)N(C)OC)[C@@]3(C)CC[C@@H]12.COC[C@]12CC[C@@](C)(O)C[C@@H]1CC[C@H]1[C@@H]3CC[C@H](C(=O)c4ccccc4OC)[C@@]3(C)CC[C@@H]12.COc1ccccc1Br.[B]B([B])B([B])B(B([B])[B])B(B(B(B([B])[B])B([B])[B])B(B([B])[B])B([B])[B])B(B(B([B])[B])B([B])[B])B(B([B])[B])B([B])[B]. The van der Waals surface area contributed by atoms with Crippen LogP contribution in [0.1, 0.15) is 161 Å². The second-order valence-electron chi connectivity index (χ2n) is 36.1. The largest absolute Gasteiger partial charge is 0.496 e. The first-order valence-electron chi connectivity index (χ1n) is 40.5. The summed E-state index contributed by atoms with van der Waals surface area (Å²) in [6.45, 7) is 10.5. The van der Waals surface area contributed by atoms with E-state index in [2.05, 4.69) is 29.8 Å². The molecule has 2 N–H and O–H groups in total. The van der Waals surface area contributed by atoms with Crippen LogP contribution in [-0.4, -0.2) is 378 Å². The summed E-state index contributed by atoms with van der Waals surface area (Å²) in [5, 5.41) is 23.0. The molecule has 0 heterocycles. The van der Waals surface area contributed by atoms with Crippen molar-refractivity contribution >= 4 is 311 Å². The van der Waals surface area contributed by atoms with E-state index in [-0.39, 0.29) is 52.6 Å². The lowest BCUT2D eigenvalue weighted by Crippen LogP contribution is -2.92. The van der Waals surface area contributed by atoms with Crippen molar-refractivity contribution in [3.63, 3.8) is 0 Å². The van der Waals surface area contributed by atoms with Gasteiger partial charge in [0.05, 0.1) is 55.8 Å². The third-order valence-electron chi connectivity index (χ3n) is 29.8. The molecule has 112 heavy (non-hydrogen) atoms. The number of amides is 1. The molecule has 1 amide bonds. The number of ether oxygens (including phenoxy) is 4. The summed E-state index contributed by atoms with van der Waals surface area (Å²) in [6.07, 6.45) is -2.11. The van der Waals surface area contributed by atoms with Crippen LogP contribution >= 0.6 is 15.9 Å². The highest BCUT2D eigenvalue weighted by Crippen LogP contribution is 2.70. The maximum absolute atomic E-state index is 13.8. The van der Waals surface area contributed by atoms with E-state index >= 15 is 0 Å². The van der Waals surface area contributed by atoms with Gasteiger partial charge in [0.15, 0.2) is 5.78 Å². The summed E-state index contributed by atoms with van der Waals surface area (Å²) in [6, 6.07) is 15.5. The van der Waals surface area contributed by atoms with Crippen LogP contribution in [0.2, 0.25) is 0 Å². The number of aliphatic hydroxyl groups is 2. The Balaban J connectivity index is 0.000000248. The minimum absolute atomic E-state index is 0. The van der Waals surface area contributed by atoms with E-state index in [1.54, 1.807) is 28.4 Å². The molecule has 8 aliphatic carbocycles. The van der Waals surface area contributed by atoms with E-state index in [9.17, 15) is 19.8 Å². The second-order valence-corrected chi connectivity index (χ2v) is 36.9. The maximum Gasteiger partial charge on any atom is 0.249 e. The molecule has 8 saturated carbocycles. The van der Waals surface area contributed by atoms with E-state index in [0.29, 0.717) is 53.1 Å². The summed E-state index contributed by atoms with van der Waals surface area (Å²) in [4.78, 5) is 32.0. The summed E-state index contributed by atoms with van der Waals surface area (Å²) in [5.74, 6) is 7.23. The van der Waals surface area contributed by atoms with E-state index < -0.39 is 133 Å². The van der Waals surface area contributed by atoms with Crippen LogP contribution < -0.4 is 9.47 Å². The van der Waals surface area contributed by atoms with Gasteiger partial charge >= 0.3 is 0 Å². The van der Waals surface area contributed by atoms with E-state index in [0.717, 1.165) is 106 Å². The fourth-order valence-electron chi connectivity index (χ4n) is 24.8. The molecular weight excluding hydrogens is 1400 g/mol. The molecule has 8 aliphatic rings. The lowest BCUT2D eigenvalue weighted by molar-refractivity contribution is -0.188. The van der Waals surface area contributed by atoms with Gasteiger partial charge in [-0.05, 0) is 239 Å². The van der Waals surface area contributed by atoms with Crippen LogP contribution in [-0.2, 0) is 19.1 Å². The molecule has 0 saturated heterocycles. The highest BCUT2D eigenvalue weighted by atomic mass is 79.9. The Hall–Kier alpha value is 0.0574. The number of hydrogen-bond acceptors (Lipinski definition) is 9. The van der Waals surface area contributed by atoms with Gasteiger partial charge in [0, 0.05) is 317 Å². The first kappa shape index (κ1) is 101. The third-order valence-corrected chi connectivity index (χ3v) is 30.4. The Bertz CT molecular complexity index is 3150. The molecule has 8 fully saturated rings. The molecule has 0 bridgehead atoms. The number of halogens is 1. The minimum atomic E-state index is -1.25. The summed E-state index contributed by atoms with van der Waals surface area (Å²) < 4.78 is 23.3. The van der Waals surface area contributed by atoms with Crippen LogP contribution in [0.5, 0.6) is 11.5 Å². The zero-order valence-corrected chi connectivity index (χ0v) is 69.8. The normalized spacial score (nSPS) is 30.0. The number of hydrogen-bond donors (Lipinski definition) is 2. The molecule has 0 aliphatic heterocycles. The van der Waals surface area contributed by atoms with Gasteiger partial charge in [0.25, 0.3) is 0 Å². The van der Waals surface area contributed by atoms with E-state index in [4.69, 9.17) is 186 Å². The quantitative estimate of drug-likeness (QED) is 0.0557. The molecule has 10 rings (SSSR count). The van der Waals surface area contributed by atoms with Gasteiger partial charge in [0.2, 0.25) is 5.91 Å². The fraction of sp³-hybridized carbons (Fsp3) is 0.770. The average molecular weight is 1500 g/mol. The molecule has 42 radical (unpaired) electrons. The lowest BCUT2D eigenvalue weighted by atomic mass is 8.27. The molecule has 0 spiro atoms. The Labute approximate surface area is 723 Å². The van der Waals surface area contributed by atoms with Crippen molar-refractivity contribution in [2.45, 2.75) is 162 Å². The highest BCUT2D eigenvalue weighted by molar-refractivity contribution is 9.10. The average Bonchev–Trinajstić information content (AvgIpc) is 0.954. The monoisotopic (exact) mass is 1500 g/mol. The summed E-state index contributed by atoms with van der Waals surface area (Å²) >= 11 is 3.33. The van der Waals surface area contributed by atoms with E-state index in [1.165, 1.54) is 43.6 Å². The fourth-order valence-corrected chi connectivity index (χ4v) is 25.2. The van der Waals surface area contributed by atoms with E-state index in [1.807, 2.05) is 76.6 Å². The smallest absolute Gasteiger partial charge is 0.249 e. The van der Waals surface area contributed by atoms with Crippen molar-refractivity contribution in [3.8, 4) is 11.5 Å². The zero-order valence-electron chi connectivity index (χ0n) is 68.2. The number of carbonyl (C=O) groups excluding carboxylic acids is 2. The van der Waals surface area contributed by atoms with Crippen LogP contribution in [0.25, 0.3) is 0 Å². The number of Topliss-reactive ketones (excluding diaryl/α,β-unsaturated/α-hetero) is 1. The summed E-state index contributed by atoms with van der Waals surface area (Å²) in [5.41, 5.74) is 0.277. The number of benzene rings is 2. The zero-order chi connectivity index (χ0) is 83.1. The van der Waals surface area contributed by atoms with Crippen LogP contribution in [0.15, 0.2) is 53.0 Å². The number of rotatable bonds is 28. The predicted octanol–water partition coefficient (Wildman–Crippen LogP) is -2.18. The molecule has 51 heteroatoms. The highest BCUT2D eigenvalue weighted by Gasteiger charge is 2.66. The van der Waals surface area contributed by atoms with Crippen LogP contribution in [0.4, 0.5) is 0 Å².